The van der Waals surface area contributed by atoms with Crippen LogP contribution >= 0.6 is 19.8 Å². The van der Waals surface area contributed by atoms with Crippen LogP contribution < -0.4 is 11.1 Å². The molecule has 0 aliphatic rings. The molecule has 0 unspecified atom stereocenters. The third-order valence-electron chi connectivity index (χ3n) is 1.51. The number of carbonyl (C=O) groups is 1. The molecule has 1 amide bonds. The molecule has 0 fully saturated rings. The maximum absolute atomic E-state index is 11.2. The molecule has 0 aromatic rings. The van der Waals surface area contributed by atoms with Gasteiger partial charge in [0.15, 0.2) is 0 Å². The van der Waals surface area contributed by atoms with Crippen LogP contribution in [0.15, 0.2) is 0 Å². The SMILES string of the molecule is CCI(C)CC(=O)NCCCN. The van der Waals surface area contributed by atoms with Crippen LogP contribution in [0.4, 0.5) is 0 Å². The number of hydrogen-bond acceptors (Lipinski definition) is 2. The van der Waals surface area contributed by atoms with Crippen LogP contribution in [0.2, 0.25) is 0 Å². The van der Waals surface area contributed by atoms with Crippen LogP contribution in [0, 0.1) is 0 Å². The molecule has 3 nitrogen and oxygen atoms in total. The first kappa shape index (κ1) is 12.2. The van der Waals surface area contributed by atoms with Crippen molar-refractivity contribution in [2.75, 3.05) is 26.9 Å². The number of amides is 1. The van der Waals surface area contributed by atoms with Gasteiger partial charge in [-0.2, -0.15) is 0 Å². The molecule has 74 valence electrons. The Kier molecular flexibility index (Phi) is 7.89. The van der Waals surface area contributed by atoms with Crippen molar-refractivity contribution in [2.45, 2.75) is 13.3 Å². The molecule has 12 heavy (non-hydrogen) atoms. The van der Waals surface area contributed by atoms with Crippen molar-refractivity contribution in [3.05, 3.63) is 0 Å². The van der Waals surface area contributed by atoms with Gasteiger partial charge in [0.05, 0.1) is 0 Å². The molecular formula is C8H19IN2O. The summed E-state index contributed by atoms with van der Waals surface area (Å²) in [5.74, 6) is 0.220. The first-order valence-electron chi connectivity index (χ1n) is 4.19. The van der Waals surface area contributed by atoms with Crippen LogP contribution in [-0.4, -0.2) is 32.8 Å². The summed E-state index contributed by atoms with van der Waals surface area (Å²) in [4.78, 5) is 13.4. The zero-order valence-corrected chi connectivity index (χ0v) is 10.1. The van der Waals surface area contributed by atoms with Crippen LogP contribution in [-0.2, 0) is 4.79 Å². The average molecular weight is 286 g/mol. The molecular weight excluding hydrogens is 267 g/mol. The molecule has 0 rings (SSSR count). The number of nitrogens with two attached hydrogens (primary N) is 1. The number of hydrogen-bond donors (Lipinski definition) is 2. The third kappa shape index (κ3) is 6.84. The van der Waals surface area contributed by atoms with Crippen LogP contribution in [0.5, 0.6) is 0 Å². The van der Waals surface area contributed by atoms with Gasteiger partial charge >= 0.3 is 81.8 Å². The quantitative estimate of drug-likeness (QED) is 0.427. The summed E-state index contributed by atoms with van der Waals surface area (Å²) in [7, 11) is 0. The molecule has 0 aliphatic carbocycles. The molecule has 0 aromatic carbocycles. The Morgan fingerprint density at radius 3 is 2.75 bits per heavy atom. The van der Waals surface area contributed by atoms with Crippen molar-refractivity contribution in [1.82, 2.24) is 5.32 Å². The molecule has 0 saturated heterocycles. The Morgan fingerprint density at radius 2 is 2.25 bits per heavy atom. The summed E-state index contributed by atoms with van der Waals surface area (Å²) >= 11 is -0.891. The molecule has 0 spiro atoms. The summed E-state index contributed by atoms with van der Waals surface area (Å²) in [5.41, 5.74) is 5.30. The Labute approximate surface area is 81.9 Å². The zero-order valence-electron chi connectivity index (χ0n) is 7.90. The standard InChI is InChI=1S/C8H19IN2O/c1-3-9(2)7-8(12)11-6-4-5-10/h3-7,10H2,1-2H3,(H,11,12). The van der Waals surface area contributed by atoms with E-state index in [0.717, 1.165) is 17.4 Å². The molecule has 0 bridgehead atoms. The fraction of sp³-hybridized carbons (Fsp3) is 0.875. The number of alkyl halides is 3. The van der Waals surface area contributed by atoms with Crippen molar-refractivity contribution >= 4 is 25.7 Å². The molecule has 0 atom stereocenters. The predicted molar refractivity (Wildman–Crippen MR) is 62.0 cm³/mol. The first-order chi connectivity index (χ1) is 5.70. The normalized spacial score (nSPS) is 11.1. The van der Waals surface area contributed by atoms with Crippen molar-refractivity contribution < 1.29 is 4.79 Å². The summed E-state index contributed by atoms with van der Waals surface area (Å²) in [6, 6.07) is 0. The Morgan fingerprint density at radius 1 is 1.58 bits per heavy atom. The Balaban J connectivity index is 3.33. The summed E-state index contributed by atoms with van der Waals surface area (Å²) in [5, 5.41) is 2.87. The van der Waals surface area contributed by atoms with E-state index in [0.29, 0.717) is 6.54 Å². The van der Waals surface area contributed by atoms with Crippen molar-refractivity contribution in [2.24, 2.45) is 5.73 Å². The zero-order chi connectivity index (χ0) is 9.40. The number of rotatable bonds is 6. The maximum atomic E-state index is 11.2. The van der Waals surface area contributed by atoms with E-state index in [2.05, 4.69) is 17.2 Å². The molecule has 0 heterocycles. The van der Waals surface area contributed by atoms with Gasteiger partial charge in [-0.1, -0.05) is 0 Å². The van der Waals surface area contributed by atoms with Gasteiger partial charge in [-0.3, -0.25) is 0 Å². The molecule has 0 radical (unpaired) electrons. The molecule has 0 aliphatic heterocycles. The van der Waals surface area contributed by atoms with Crippen molar-refractivity contribution in [3.63, 3.8) is 0 Å². The second-order valence-electron chi connectivity index (χ2n) is 2.62. The van der Waals surface area contributed by atoms with Gasteiger partial charge < -0.3 is 0 Å². The van der Waals surface area contributed by atoms with Crippen LogP contribution in [0.25, 0.3) is 0 Å². The summed E-state index contributed by atoms with van der Waals surface area (Å²) in [6.07, 6.45) is 0.885. The van der Waals surface area contributed by atoms with E-state index in [-0.39, 0.29) is 5.91 Å². The second-order valence-corrected chi connectivity index (χ2v) is 9.03. The monoisotopic (exact) mass is 286 g/mol. The van der Waals surface area contributed by atoms with Crippen molar-refractivity contribution in [3.8, 4) is 0 Å². The van der Waals surface area contributed by atoms with E-state index in [1.165, 1.54) is 4.43 Å². The fourth-order valence-corrected chi connectivity index (χ4v) is 2.67. The van der Waals surface area contributed by atoms with Gasteiger partial charge in [-0.25, -0.2) is 0 Å². The van der Waals surface area contributed by atoms with Gasteiger partial charge in [-0.05, 0) is 0 Å². The van der Waals surface area contributed by atoms with Crippen LogP contribution in [0.3, 0.4) is 0 Å². The number of nitrogens with one attached hydrogen (secondary N) is 1. The van der Waals surface area contributed by atoms with E-state index >= 15 is 0 Å². The van der Waals surface area contributed by atoms with E-state index in [9.17, 15) is 4.79 Å². The average Bonchev–Trinajstić information content (AvgIpc) is 2.05. The fourth-order valence-electron chi connectivity index (χ4n) is 0.679. The van der Waals surface area contributed by atoms with E-state index in [4.69, 9.17) is 5.73 Å². The molecule has 3 N–H and O–H groups in total. The van der Waals surface area contributed by atoms with Crippen LogP contribution in [0.1, 0.15) is 13.3 Å². The Bertz CT molecular complexity index is 130. The first-order valence-corrected chi connectivity index (χ1v) is 9.40. The van der Waals surface area contributed by atoms with Crippen molar-refractivity contribution in [1.29, 1.82) is 0 Å². The molecule has 0 aromatic heterocycles. The van der Waals surface area contributed by atoms with Gasteiger partial charge in [-0.15, -0.1) is 0 Å². The summed E-state index contributed by atoms with van der Waals surface area (Å²) in [6.45, 7) is 3.56. The third-order valence-corrected chi connectivity index (χ3v) is 6.11. The predicted octanol–water partition coefficient (Wildman–Crippen LogP) is 0.608. The number of halogens is 1. The number of carbonyl (C=O) groups excluding carboxylic acids is 1. The van der Waals surface area contributed by atoms with E-state index in [1.807, 2.05) is 0 Å². The summed E-state index contributed by atoms with van der Waals surface area (Å²) < 4.78 is 2.01. The van der Waals surface area contributed by atoms with Gasteiger partial charge in [0.1, 0.15) is 0 Å². The van der Waals surface area contributed by atoms with Gasteiger partial charge in [0.25, 0.3) is 0 Å². The minimum atomic E-state index is -0.891. The second kappa shape index (κ2) is 7.79. The minimum absolute atomic E-state index is 0.220. The topological polar surface area (TPSA) is 55.1 Å². The van der Waals surface area contributed by atoms with E-state index < -0.39 is 19.8 Å². The molecule has 4 heteroatoms. The Hall–Kier alpha value is 0.160. The van der Waals surface area contributed by atoms with Gasteiger partial charge in [0, 0.05) is 0 Å². The molecule has 0 saturated carbocycles. The van der Waals surface area contributed by atoms with E-state index in [1.54, 1.807) is 0 Å². The van der Waals surface area contributed by atoms with Gasteiger partial charge in [0.2, 0.25) is 0 Å².